The number of halogens is 1. The Kier molecular flexibility index (Phi) is 2.43. The third-order valence-electron chi connectivity index (χ3n) is 1.36. The summed E-state index contributed by atoms with van der Waals surface area (Å²) in [4.78, 5) is 10.3. The highest BCUT2D eigenvalue weighted by Gasteiger charge is 1.94. The molecule has 0 unspecified atom stereocenters. The Hall–Kier alpha value is -0.380. The Morgan fingerprint density at radius 1 is 1.50 bits per heavy atom. The van der Waals surface area contributed by atoms with Gasteiger partial charge in [-0.25, -0.2) is 0 Å². The van der Waals surface area contributed by atoms with Gasteiger partial charge in [0.15, 0.2) is 0 Å². The van der Waals surface area contributed by atoms with E-state index in [4.69, 9.17) is 0 Å². The van der Waals surface area contributed by atoms with Crippen LogP contribution in [0.5, 0.6) is 0 Å². The number of aldehydes is 1. The van der Waals surface area contributed by atoms with Gasteiger partial charge in [-0.15, -0.1) is 0 Å². The predicted octanol–water partition coefficient (Wildman–Crippen LogP) is 2.41. The zero-order valence-corrected chi connectivity index (χ0v) is 7.75. The molecule has 1 aromatic carbocycles. The Labute approximate surface area is 73.6 Å². The first kappa shape index (κ1) is 7.72. The third-order valence-corrected chi connectivity index (χ3v) is 2.03. The summed E-state index contributed by atoms with van der Waals surface area (Å²) in [5.74, 6) is 0. The summed E-state index contributed by atoms with van der Waals surface area (Å²) in [6.07, 6.45) is 0.880. The first-order valence-electron chi connectivity index (χ1n) is 2.95. The maximum Gasteiger partial charge on any atom is 0.150 e. The average Bonchev–Trinajstić information content (AvgIpc) is 1.88. The van der Waals surface area contributed by atoms with Gasteiger partial charge in [0.1, 0.15) is 6.29 Å². The Bertz CT molecular complexity index is 255. The van der Waals surface area contributed by atoms with Crippen molar-refractivity contribution < 1.29 is 4.79 Å². The maximum absolute atomic E-state index is 10.3. The fourth-order valence-electron chi connectivity index (χ4n) is 0.771. The van der Waals surface area contributed by atoms with E-state index in [1.165, 1.54) is 3.57 Å². The molecule has 0 bridgehead atoms. The molecule has 1 nitrogen and oxygen atoms in total. The molecule has 0 saturated carbocycles. The number of carbonyl (C=O) groups excluding carboxylic acids is 1. The van der Waals surface area contributed by atoms with E-state index < -0.39 is 0 Å². The van der Waals surface area contributed by atoms with E-state index in [2.05, 4.69) is 22.6 Å². The van der Waals surface area contributed by atoms with Crippen molar-refractivity contribution >= 4 is 28.9 Å². The molecule has 0 fully saturated rings. The van der Waals surface area contributed by atoms with Crippen LogP contribution in [0.3, 0.4) is 0 Å². The zero-order chi connectivity index (χ0) is 7.56. The highest BCUT2D eigenvalue weighted by atomic mass is 127. The minimum atomic E-state index is 0.778. The molecule has 52 valence electrons. The quantitative estimate of drug-likeness (QED) is 0.549. The number of hydrogen-bond donors (Lipinski definition) is 0. The van der Waals surface area contributed by atoms with Gasteiger partial charge in [-0.1, -0.05) is 6.07 Å². The lowest BCUT2D eigenvalue weighted by Gasteiger charge is -1.96. The second kappa shape index (κ2) is 3.14. The van der Waals surface area contributed by atoms with Crippen LogP contribution in [0.2, 0.25) is 0 Å². The van der Waals surface area contributed by atoms with Gasteiger partial charge in [0.05, 0.1) is 0 Å². The predicted molar refractivity (Wildman–Crippen MR) is 49.3 cm³/mol. The van der Waals surface area contributed by atoms with Gasteiger partial charge in [0, 0.05) is 9.13 Å². The van der Waals surface area contributed by atoms with Crippen molar-refractivity contribution in [1.82, 2.24) is 0 Å². The van der Waals surface area contributed by atoms with Crippen LogP contribution in [0.15, 0.2) is 18.2 Å². The molecule has 0 aliphatic carbocycles. The van der Waals surface area contributed by atoms with E-state index in [-0.39, 0.29) is 0 Å². The van der Waals surface area contributed by atoms with Crippen molar-refractivity contribution in [2.75, 3.05) is 0 Å². The lowest BCUT2D eigenvalue weighted by atomic mass is 10.1. The van der Waals surface area contributed by atoms with E-state index in [0.29, 0.717) is 0 Å². The molecule has 2 heteroatoms. The number of hydrogen-bond acceptors (Lipinski definition) is 1. The second-order valence-corrected chi connectivity index (χ2v) is 3.36. The van der Waals surface area contributed by atoms with Gasteiger partial charge in [0.2, 0.25) is 0 Å². The molecular weight excluding hydrogens is 239 g/mol. The minimum absolute atomic E-state index is 0.778. The van der Waals surface area contributed by atoms with Crippen LogP contribution in [0.25, 0.3) is 0 Å². The van der Waals surface area contributed by atoms with Crippen molar-refractivity contribution in [3.63, 3.8) is 0 Å². The third kappa shape index (κ3) is 1.56. The van der Waals surface area contributed by atoms with Crippen LogP contribution in [-0.2, 0) is 0 Å². The van der Waals surface area contributed by atoms with Crippen molar-refractivity contribution in [3.8, 4) is 0 Å². The minimum Gasteiger partial charge on any atom is -0.298 e. The van der Waals surface area contributed by atoms with Gasteiger partial charge < -0.3 is 0 Å². The van der Waals surface area contributed by atoms with Crippen LogP contribution < -0.4 is 0 Å². The summed E-state index contributed by atoms with van der Waals surface area (Å²) in [7, 11) is 0. The molecule has 0 aromatic heterocycles. The summed E-state index contributed by atoms with van der Waals surface area (Å²) in [6, 6.07) is 5.76. The largest absolute Gasteiger partial charge is 0.298 e. The SMILES string of the molecule is Cc1cc(I)ccc1C=O. The number of benzene rings is 1. The van der Waals surface area contributed by atoms with Crippen molar-refractivity contribution in [2.24, 2.45) is 0 Å². The highest BCUT2D eigenvalue weighted by Crippen LogP contribution is 2.10. The molecule has 0 radical (unpaired) electrons. The molecule has 0 aliphatic heterocycles. The van der Waals surface area contributed by atoms with Crippen LogP contribution in [0.1, 0.15) is 15.9 Å². The molecule has 0 spiro atoms. The molecular formula is C8H7IO. The highest BCUT2D eigenvalue weighted by molar-refractivity contribution is 14.1. The monoisotopic (exact) mass is 246 g/mol. The molecule has 0 aliphatic rings. The topological polar surface area (TPSA) is 17.1 Å². The van der Waals surface area contributed by atoms with E-state index in [1.54, 1.807) is 0 Å². The second-order valence-electron chi connectivity index (χ2n) is 2.12. The van der Waals surface area contributed by atoms with Crippen molar-refractivity contribution in [3.05, 3.63) is 32.9 Å². The summed E-state index contributed by atoms with van der Waals surface area (Å²) >= 11 is 2.22. The maximum atomic E-state index is 10.3. The molecule has 0 heterocycles. The Morgan fingerprint density at radius 2 is 2.20 bits per heavy atom. The van der Waals surface area contributed by atoms with Crippen molar-refractivity contribution in [1.29, 1.82) is 0 Å². The average molecular weight is 246 g/mol. The molecule has 10 heavy (non-hydrogen) atoms. The molecule has 1 rings (SSSR count). The standard InChI is InChI=1S/C8H7IO/c1-6-4-8(9)3-2-7(6)5-10/h2-5H,1H3. The van der Waals surface area contributed by atoms with Crippen LogP contribution in [-0.4, -0.2) is 6.29 Å². The Balaban J connectivity index is 3.19. The number of rotatable bonds is 1. The van der Waals surface area contributed by atoms with E-state index in [9.17, 15) is 4.79 Å². The van der Waals surface area contributed by atoms with E-state index in [1.807, 2.05) is 25.1 Å². The van der Waals surface area contributed by atoms with Crippen LogP contribution in [0.4, 0.5) is 0 Å². The number of aryl methyl sites for hydroxylation is 1. The van der Waals surface area contributed by atoms with Crippen molar-refractivity contribution in [2.45, 2.75) is 6.92 Å². The smallest absolute Gasteiger partial charge is 0.150 e. The lowest BCUT2D eigenvalue weighted by molar-refractivity contribution is 0.112. The summed E-state index contributed by atoms with van der Waals surface area (Å²) in [6.45, 7) is 1.94. The Morgan fingerprint density at radius 3 is 2.70 bits per heavy atom. The van der Waals surface area contributed by atoms with Gasteiger partial charge in [0.25, 0.3) is 0 Å². The summed E-state index contributed by atoms with van der Waals surface area (Å²) < 4.78 is 1.17. The lowest BCUT2D eigenvalue weighted by Crippen LogP contribution is -1.85. The van der Waals surface area contributed by atoms with E-state index in [0.717, 1.165) is 17.4 Å². The normalized spacial score (nSPS) is 9.40. The van der Waals surface area contributed by atoms with E-state index >= 15 is 0 Å². The molecule has 0 amide bonds. The number of carbonyl (C=O) groups is 1. The fourth-order valence-corrected chi connectivity index (χ4v) is 1.42. The molecule has 0 N–H and O–H groups in total. The fraction of sp³-hybridized carbons (Fsp3) is 0.125. The summed E-state index contributed by atoms with van der Waals surface area (Å²) in [5, 5.41) is 0. The summed E-state index contributed by atoms with van der Waals surface area (Å²) in [5.41, 5.74) is 1.82. The van der Waals surface area contributed by atoms with Crippen LogP contribution >= 0.6 is 22.6 Å². The van der Waals surface area contributed by atoms with Gasteiger partial charge >= 0.3 is 0 Å². The molecule has 1 aromatic rings. The van der Waals surface area contributed by atoms with Gasteiger partial charge in [-0.3, -0.25) is 4.79 Å². The van der Waals surface area contributed by atoms with Gasteiger partial charge in [-0.2, -0.15) is 0 Å². The molecule has 0 atom stereocenters. The first-order valence-corrected chi connectivity index (χ1v) is 4.03. The van der Waals surface area contributed by atoms with Crippen LogP contribution in [0, 0.1) is 10.5 Å². The zero-order valence-electron chi connectivity index (χ0n) is 5.60. The molecule has 0 saturated heterocycles. The first-order chi connectivity index (χ1) is 4.74. The van der Waals surface area contributed by atoms with Gasteiger partial charge in [-0.05, 0) is 47.2 Å².